The van der Waals surface area contributed by atoms with E-state index in [0.717, 1.165) is 37.0 Å². The Labute approximate surface area is 140 Å². The second-order valence-electron chi connectivity index (χ2n) is 5.69. The molecule has 3 rings (SSSR count). The lowest BCUT2D eigenvalue weighted by molar-refractivity contribution is 0.0893. The molecule has 6 heteroatoms. The third-order valence-electron chi connectivity index (χ3n) is 4.34. The van der Waals surface area contributed by atoms with Crippen molar-refractivity contribution in [3.05, 3.63) is 53.1 Å². The number of nitrogens with zero attached hydrogens (tertiary/aromatic N) is 2. The molecular formula is C17H18ClN3O2. The van der Waals surface area contributed by atoms with E-state index in [-0.39, 0.29) is 22.2 Å². The number of aromatic nitrogens is 2. The third kappa shape index (κ3) is 3.15. The van der Waals surface area contributed by atoms with Gasteiger partial charge in [0.25, 0.3) is 5.91 Å². The minimum Gasteiger partial charge on any atom is -0.497 e. The third-order valence-corrected chi connectivity index (χ3v) is 4.61. The highest BCUT2D eigenvalue weighted by Crippen LogP contribution is 2.39. The zero-order chi connectivity index (χ0) is 16.3. The molecule has 0 radical (unpaired) electrons. The van der Waals surface area contributed by atoms with E-state index in [4.69, 9.17) is 16.3 Å². The second kappa shape index (κ2) is 6.54. The summed E-state index contributed by atoms with van der Waals surface area (Å²) in [6.07, 6.45) is 6.70. The molecule has 23 heavy (non-hydrogen) atoms. The van der Waals surface area contributed by atoms with Crippen molar-refractivity contribution >= 4 is 17.5 Å². The van der Waals surface area contributed by atoms with Crippen LogP contribution in [0.4, 0.5) is 0 Å². The van der Waals surface area contributed by atoms with Crippen LogP contribution >= 0.6 is 11.6 Å². The molecule has 0 atom stereocenters. The Balaban J connectivity index is 1.89. The van der Waals surface area contributed by atoms with Crippen molar-refractivity contribution in [2.24, 2.45) is 0 Å². The largest absolute Gasteiger partial charge is 0.497 e. The van der Waals surface area contributed by atoms with Gasteiger partial charge in [-0.1, -0.05) is 36.6 Å². The Morgan fingerprint density at radius 2 is 1.96 bits per heavy atom. The molecule has 2 aromatic rings. The van der Waals surface area contributed by atoms with Crippen molar-refractivity contribution in [1.82, 2.24) is 15.3 Å². The summed E-state index contributed by atoms with van der Waals surface area (Å²) in [6.45, 7) is 0. The molecule has 1 aliphatic rings. The SMILES string of the molecule is COc1ccc(C2(NC(=O)c3ncncc3Cl)CCCC2)cc1. The van der Waals surface area contributed by atoms with Gasteiger partial charge in [-0.2, -0.15) is 0 Å². The fraction of sp³-hybridized carbons (Fsp3) is 0.353. The maximum absolute atomic E-state index is 12.6. The van der Waals surface area contributed by atoms with Crippen molar-refractivity contribution in [2.45, 2.75) is 31.2 Å². The van der Waals surface area contributed by atoms with Gasteiger partial charge < -0.3 is 10.1 Å². The zero-order valence-corrected chi connectivity index (χ0v) is 13.6. The van der Waals surface area contributed by atoms with Crippen LogP contribution in [0.3, 0.4) is 0 Å². The Kier molecular flexibility index (Phi) is 4.48. The fourth-order valence-corrected chi connectivity index (χ4v) is 3.32. The van der Waals surface area contributed by atoms with E-state index in [1.807, 2.05) is 24.3 Å². The predicted octanol–water partition coefficient (Wildman–Crippen LogP) is 3.34. The molecule has 0 unspecified atom stereocenters. The standard InChI is InChI=1S/C17H18ClN3O2/c1-23-13-6-4-12(5-7-13)17(8-2-3-9-17)21-16(22)15-14(18)10-19-11-20-15/h4-7,10-11H,2-3,8-9H2,1H3,(H,21,22). The quantitative estimate of drug-likeness (QED) is 0.933. The van der Waals surface area contributed by atoms with Crippen LogP contribution in [0.25, 0.3) is 0 Å². The van der Waals surface area contributed by atoms with Gasteiger partial charge in [-0.15, -0.1) is 0 Å². The topological polar surface area (TPSA) is 64.1 Å². The first-order valence-corrected chi connectivity index (χ1v) is 7.95. The van der Waals surface area contributed by atoms with Crippen molar-refractivity contribution in [3.8, 4) is 5.75 Å². The van der Waals surface area contributed by atoms with E-state index in [9.17, 15) is 4.79 Å². The molecule has 0 bridgehead atoms. The van der Waals surface area contributed by atoms with Gasteiger partial charge in [-0.3, -0.25) is 4.79 Å². The van der Waals surface area contributed by atoms with Gasteiger partial charge >= 0.3 is 0 Å². The molecule has 0 spiro atoms. The number of amides is 1. The lowest BCUT2D eigenvalue weighted by Gasteiger charge is -2.31. The van der Waals surface area contributed by atoms with Crippen molar-refractivity contribution in [1.29, 1.82) is 0 Å². The molecule has 1 heterocycles. The van der Waals surface area contributed by atoms with Crippen molar-refractivity contribution in [3.63, 3.8) is 0 Å². The Hall–Kier alpha value is -2.14. The summed E-state index contributed by atoms with van der Waals surface area (Å²) in [4.78, 5) is 20.4. The number of rotatable bonds is 4. The number of nitrogens with one attached hydrogen (secondary N) is 1. The molecular weight excluding hydrogens is 314 g/mol. The minimum atomic E-state index is -0.377. The summed E-state index contributed by atoms with van der Waals surface area (Å²) in [5, 5.41) is 3.41. The van der Waals surface area contributed by atoms with E-state index in [2.05, 4.69) is 15.3 Å². The molecule has 0 aliphatic heterocycles. The normalized spacial score (nSPS) is 16.1. The van der Waals surface area contributed by atoms with Crippen LogP contribution < -0.4 is 10.1 Å². The zero-order valence-electron chi connectivity index (χ0n) is 12.9. The molecule has 120 valence electrons. The Bertz CT molecular complexity index is 697. The molecule has 1 amide bonds. The van der Waals surface area contributed by atoms with E-state index in [1.54, 1.807) is 7.11 Å². The molecule has 1 N–H and O–H groups in total. The number of hydrogen-bond donors (Lipinski definition) is 1. The highest BCUT2D eigenvalue weighted by atomic mass is 35.5. The first-order valence-electron chi connectivity index (χ1n) is 7.57. The van der Waals surface area contributed by atoms with Gasteiger partial charge in [0.15, 0.2) is 0 Å². The lowest BCUT2D eigenvalue weighted by atomic mass is 9.88. The number of benzene rings is 1. The van der Waals surface area contributed by atoms with Crippen LogP contribution in [-0.4, -0.2) is 23.0 Å². The number of hydrogen-bond acceptors (Lipinski definition) is 4. The number of methoxy groups -OCH3 is 1. The summed E-state index contributed by atoms with van der Waals surface area (Å²) < 4.78 is 5.21. The molecule has 1 saturated carbocycles. The number of carbonyl (C=O) groups excluding carboxylic acids is 1. The van der Waals surface area contributed by atoms with Gasteiger partial charge in [0.2, 0.25) is 0 Å². The maximum atomic E-state index is 12.6. The van der Waals surface area contributed by atoms with Crippen molar-refractivity contribution < 1.29 is 9.53 Å². The molecule has 1 aliphatic carbocycles. The van der Waals surface area contributed by atoms with E-state index >= 15 is 0 Å². The molecule has 0 saturated heterocycles. The average Bonchev–Trinajstić information content (AvgIpc) is 3.05. The van der Waals surface area contributed by atoms with Crippen molar-refractivity contribution in [2.75, 3.05) is 7.11 Å². The highest BCUT2D eigenvalue weighted by molar-refractivity contribution is 6.33. The van der Waals surface area contributed by atoms with Gasteiger partial charge in [-0.25, -0.2) is 9.97 Å². The van der Waals surface area contributed by atoms with E-state index in [1.165, 1.54) is 12.5 Å². The van der Waals surface area contributed by atoms with Gasteiger partial charge in [-0.05, 0) is 30.5 Å². The monoisotopic (exact) mass is 331 g/mol. The summed E-state index contributed by atoms with van der Waals surface area (Å²) in [6, 6.07) is 7.84. The van der Waals surface area contributed by atoms with Crippen LogP contribution in [-0.2, 0) is 5.54 Å². The summed E-state index contributed by atoms with van der Waals surface area (Å²) in [5.41, 5.74) is 0.910. The smallest absolute Gasteiger partial charge is 0.272 e. The van der Waals surface area contributed by atoms with Gasteiger partial charge in [0.1, 0.15) is 17.8 Å². The molecule has 1 fully saturated rings. The van der Waals surface area contributed by atoms with E-state index in [0.29, 0.717) is 0 Å². The minimum absolute atomic E-state index is 0.210. The van der Waals surface area contributed by atoms with Crippen LogP contribution in [0, 0.1) is 0 Å². The number of carbonyl (C=O) groups is 1. The predicted molar refractivity (Wildman–Crippen MR) is 87.6 cm³/mol. The average molecular weight is 332 g/mol. The first-order chi connectivity index (χ1) is 11.1. The Morgan fingerprint density at radius 1 is 1.26 bits per heavy atom. The van der Waals surface area contributed by atoms with E-state index < -0.39 is 0 Å². The van der Waals surface area contributed by atoms with Gasteiger partial charge in [0, 0.05) is 6.20 Å². The van der Waals surface area contributed by atoms with Crippen LogP contribution in [0.1, 0.15) is 41.7 Å². The summed E-state index contributed by atoms with van der Waals surface area (Å²) >= 11 is 6.03. The Morgan fingerprint density at radius 3 is 2.57 bits per heavy atom. The van der Waals surface area contributed by atoms with Crippen LogP contribution in [0.15, 0.2) is 36.8 Å². The molecule has 1 aromatic carbocycles. The summed E-state index contributed by atoms with van der Waals surface area (Å²) in [7, 11) is 1.64. The first kappa shape index (κ1) is 15.7. The number of halogens is 1. The lowest BCUT2D eigenvalue weighted by Crippen LogP contribution is -2.44. The fourth-order valence-electron chi connectivity index (χ4n) is 3.13. The molecule has 1 aromatic heterocycles. The van der Waals surface area contributed by atoms with Gasteiger partial charge in [0.05, 0.1) is 17.7 Å². The number of ether oxygens (including phenoxy) is 1. The highest BCUT2D eigenvalue weighted by Gasteiger charge is 2.37. The summed E-state index contributed by atoms with van der Waals surface area (Å²) in [5.74, 6) is 0.530. The maximum Gasteiger partial charge on any atom is 0.272 e. The van der Waals surface area contributed by atoms with Crippen LogP contribution in [0.2, 0.25) is 5.02 Å². The molecule has 5 nitrogen and oxygen atoms in total. The van der Waals surface area contributed by atoms with Crippen LogP contribution in [0.5, 0.6) is 5.75 Å². The second-order valence-corrected chi connectivity index (χ2v) is 6.10.